The minimum Gasteiger partial charge on any atom is -0.337 e. The molecule has 1 aromatic carbocycles. The Balaban J connectivity index is 1.45. The first-order chi connectivity index (χ1) is 13.2. The largest absolute Gasteiger partial charge is 0.337 e. The third-order valence-electron chi connectivity index (χ3n) is 4.93. The molecule has 0 bridgehead atoms. The molecule has 0 saturated carbocycles. The molecular formula is C20H21N5O2. The maximum atomic E-state index is 12.8. The van der Waals surface area contributed by atoms with Crippen molar-refractivity contribution < 1.29 is 4.79 Å². The van der Waals surface area contributed by atoms with Gasteiger partial charge < -0.3 is 4.90 Å². The number of hydrogen-bond donors (Lipinski definition) is 0. The van der Waals surface area contributed by atoms with Crippen LogP contribution in [0.3, 0.4) is 0 Å². The number of likely N-dealkylation sites (tertiary alicyclic amines) is 1. The van der Waals surface area contributed by atoms with Crippen LogP contribution >= 0.6 is 0 Å². The molecule has 0 radical (unpaired) electrons. The summed E-state index contributed by atoms with van der Waals surface area (Å²) in [4.78, 5) is 26.8. The van der Waals surface area contributed by atoms with Crippen molar-refractivity contribution in [3.8, 4) is 5.69 Å². The summed E-state index contributed by atoms with van der Waals surface area (Å²) in [6.07, 6.45) is 5.62. The quantitative estimate of drug-likeness (QED) is 0.710. The van der Waals surface area contributed by atoms with Gasteiger partial charge in [0.1, 0.15) is 5.69 Å². The van der Waals surface area contributed by atoms with Gasteiger partial charge in [-0.05, 0) is 43.0 Å². The Hall–Kier alpha value is -3.22. The van der Waals surface area contributed by atoms with E-state index >= 15 is 0 Å². The summed E-state index contributed by atoms with van der Waals surface area (Å²) < 4.78 is 3.22. The molecule has 0 aliphatic carbocycles. The topological polar surface area (TPSA) is 73.0 Å². The fourth-order valence-corrected chi connectivity index (χ4v) is 3.43. The van der Waals surface area contributed by atoms with Crippen LogP contribution in [0, 0.1) is 5.92 Å². The van der Waals surface area contributed by atoms with Crippen LogP contribution in [-0.2, 0) is 6.54 Å². The predicted molar refractivity (Wildman–Crippen MR) is 101 cm³/mol. The molecule has 2 aromatic heterocycles. The van der Waals surface area contributed by atoms with Gasteiger partial charge in [-0.1, -0.05) is 18.2 Å². The van der Waals surface area contributed by atoms with Crippen molar-refractivity contribution in [1.29, 1.82) is 0 Å². The Bertz CT molecular complexity index is 958. The zero-order valence-electron chi connectivity index (χ0n) is 14.9. The van der Waals surface area contributed by atoms with Crippen LogP contribution in [0.4, 0.5) is 0 Å². The van der Waals surface area contributed by atoms with Crippen molar-refractivity contribution in [2.45, 2.75) is 19.4 Å². The van der Waals surface area contributed by atoms with Crippen molar-refractivity contribution in [2.24, 2.45) is 5.92 Å². The number of aromatic nitrogens is 4. The number of piperidine rings is 1. The van der Waals surface area contributed by atoms with E-state index in [0.29, 0.717) is 30.4 Å². The zero-order chi connectivity index (χ0) is 18.6. The molecule has 1 amide bonds. The summed E-state index contributed by atoms with van der Waals surface area (Å²) in [7, 11) is 0. The van der Waals surface area contributed by atoms with E-state index in [0.717, 1.165) is 19.4 Å². The molecule has 138 valence electrons. The molecule has 7 heteroatoms. The van der Waals surface area contributed by atoms with Gasteiger partial charge in [0, 0.05) is 38.1 Å². The number of para-hydroxylation sites is 1. The van der Waals surface area contributed by atoms with Gasteiger partial charge in [-0.25, -0.2) is 0 Å². The highest BCUT2D eigenvalue weighted by molar-refractivity contribution is 5.92. The van der Waals surface area contributed by atoms with Gasteiger partial charge in [0.2, 0.25) is 0 Å². The van der Waals surface area contributed by atoms with Gasteiger partial charge in [0.15, 0.2) is 0 Å². The van der Waals surface area contributed by atoms with Crippen molar-refractivity contribution >= 4 is 5.91 Å². The Labute approximate surface area is 156 Å². The Morgan fingerprint density at radius 1 is 1.04 bits per heavy atom. The third-order valence-corrected chi connectivity index (χ3v) is 4.93. The van der Waals surface area contributed by atoms with Gasteiger partial charge >= 0.3 is 0 Å². The monoisotopic (exact) mass is 363 g/mol. The van der Waals surface area contributed by atoms with Crippen LogP contribution in [0.15, 0.2) is 65.7 Å². The summed E-state index contributed by atoms with van der Waals surface area (Å²) >= 11 is 0. The summed E-state index contributed by atoms with van der Waals surface area (Å²) in [6, 6.07) is 14.0. The molecule has 1 aliphatic heterocycles. The molecule has 1 aliphatic rings. The molecule has 0 N–H and O–H groups in total. The molecule has 3 heterocycles. The van der Waals surface area contributed by atoms with Crippen LogP contribution in [-0.4, -0.2) is 43.5 Å². The van der Waals surface area contributed by atoms with Gasteiger partial charge in [-0.3, -0.25) is 14.3 Å². The second-order valence-electron chi connectivity index (χ2n) is 6.77. The van der Waals surface area contributed by atoms with Crippen molar-refractivity contribution in [3.63, 3.8) is 0 Å². The van der Waals surface area contributed by atoms with Crippen LogP contribution < -0.4 is 5.56 Å². The fourth-order valence-electron chi connectivity index (χ4n) is 3.43. The fraction of sp³-hybridized carbons (Fsp3) is 0.300. The van der Waals surface area contributed by atoms with Gasteiger partial charge in [-0.2, -0.15) is 14.9 Å². The predicted octanol–water partition coefficient (Wildman–Crippen LogP) is 1.98. The average Bonchev–Trinajstić information content (AvgIpc) is 3.22. The number of carbonyl (C=O) groups is 1. The molecule has 0 atom stereocenters. The molecule has 27 heavy (non-hydrogen) atoms. The van der Waals surface area contributed by atoms with E-state index in [4.69, 9.17) is 0 Å². The van der Waals surface area contributed by atoms with E-state index in [1.165, 1.54) is 16.8 Å². The maximum Gasteiger partial charge on any atom is 0.274 e. The smallest absolute Gasteiger partial charge is 0.274 e. The van der Waals surface area contributed by atoms with Crippen LogP contribution in [0.5, 0.6) is 0 Å². The molecular weight excluding hydrogens is 342 g/mol. The number of amides is 1. The lowest BCUT2D eigenvalue weighted by Crippen LogP contribution is -2.40. The third kappa shape index (κ3) is 3.81. The molecule has 3 aromatic rings. The SMILES string of the molecule is O=C(c1ccc(=O)n(-c2ccccc2)n1)N1CCC(Cn2cccn2)CC1. The molecule has 1 saturated heterocycles. The lowest BCUT2D eigenvalue weighted by atomic mass is 9.96. The van der Waals surface area contributed by atoms with Crippen LogP contribution in [0.1, 0.15) is 23.3 Å². The maximum absolute atomic E-state index is 12.8. The summed E-state index contributed by atoms with van der Waals surface area (Å²) in [5, 5.41) is 8.55. The molecule has 0 unspecified atom stereocenters. The minimum atomic E-state index is -0.254. The number of benzene rings is 1. The van der Waals surface area contributed by atoms with Crippen molar-refractivity contribution in [3.05, 3.63) is 77.0 Å². The number of hydrogen-bond acceptors (Lipinski definition) is 4. The molecule has 1 fully saturated rings. The second kappa shape index (κ2) is 7.57. The highest BCUT2D eigenvalue weighted by Gasteiger charge is 2.25. The number of carbonyl (C=O) groups excluding carboxylic acids is 1. The van der Waals surface area contributed by atoms with Gasteiger partial charge in [0.25, 0.3) is 11.5 Å². The van der Waals surface area contributed by atoms with E-state index < -0.39 is 0 Å². The van der Waals surface area contributed by atoms with Crippen molar-refractivity contribution in [2.75, 3.05) is 13.1 Å². The van der Waals surface area contributed by atoms with E-state index in [1.807, 2.05) is 40.0 Å². The van der Waals surface area contributed by atoms with Gasteiger partial charge in [-0.15, -0.1) is 0 Å². The molecule has 4 rings (SSSR count). The Morgan fingerprint density at radius 2 is 1.81 bits per heavy atom. The first-order valence-electron chi connectivity index (χ1n) is 9.13. The van der Waals surface area contributed by atoms with Crippen molar-refractivity contribution in [1.82, 2.24) is 24.5 Å². The lowest BCUT2D eigenvalue weighted by Gasteiger charge is -2.31. The standard InChI is InChI=1S/C20H21N5O2/c26-19-8-7-18(22-25(19)17-5-2-1-3-6-17)20(27)23-13-9-16(10-14-23)15-24-12-4-11-21-24/h1-8,11-12,16H,9-10,13-15H2. The number of nitrogens with zero attached hydrogens (tertiary/aromatic N) is 5. The second-order valence-corrected chi connectivity index (χ2v) is 6.77. The highest BCUT2D eigenvalue weighted by atomic mass is 16.2. The average molecular weight is 363 g/mol. The van der Waals surface area contributed by atoms with Crippen LogP contribution in [0.2, 0.25) is 0 Å². The summed E-state index contributed by atoms with van der Waals surface area (Å²) in [5.41, 5.74) is 0.690. The lowest BCUT2D eigenvalue weighted by molar-refractivity contribution is 0.0673. The Morgan fingerprint density at radius 3 is 2.52 bits per heavy atom. The molecule has 7 nitrogen and oxygen atoms in total. The van der Waals surface area contributed by atoms with E-state index in [1.54, 1.807) is 18.3 Å². The first-order valence-corrected chi connectivity index (χ1v) is 9.13. The normalized spacial score (nSPS) is 15.0. The van der Waals surface area contributed by atoms with Gasteiger partial charge in [0.05, 0.1) is 5.69 Å². The zero-order valence-corrected chi connectivity index (χ0v) is 14.9. The summed E-state index contributed by atoms with van der Waals surface area (Å²) in [6.45, 7) is 2.26. The molecule has 0 spiro atoms. The van der Waals surface area contributed by atoms with Crippen LogP contribution in [0.25, 0.3) is 5.69 Å². The van der Waals surface area contributed by atoms with E-state index in [9.17, 15) is 9.59 Å². The first kappa shape index (κ1) is 17.2. The van der Waals surface area contributed by atoms with E-state index in [2.05, 4.69) is 10.2 Å². The summed E-state index contributed by atoms with van der Waals surface area (Å²) in [5.74, 6) is 0.386. The minimum absolute atomic E-state index is 0.128. The Kier molecular flexibility index (Phi) is 4.82. The highest BCUT2D eigenvalue weighted by Crippen LogP contribution is 2.20. The number of rotatable bonds is 4. The van der Waals surface area contributed by atoms with E-state index in [-0.39, 0.29) is 11.5 Å².